The summed E-state index contributed by atoms with van der Waals surface area (Å²) in [7, 11) is 1.73. The van der Waals surface area contributed by atoms with E-state index in [9.17, 15) is 4.79 Å². The minimum Gasteiger partial charge on any atom is -0.457 e. The van der Waals surface area contributed by atoms with Gasteiger partial charge in [-0.2, -0.15) is 10.3 Å². The number of nitrogens with zero attached hydrogens (tertiary/aromatic N) is 2. The molecule has 1 fully saturated rings. The highest BCUT2D eigenvalue weighted by Crippen LogP contribution is 2.31. The molecule has 2 aromatic rings. The monoisotopic (exact) mass is 389 g/mol. The van der Waals surface area contributed by atoms with Crippen LogP contribution in [0.1, 0.15) is 28.8 Å². The minimum atomic E-state index is -0.456. The molecule has 4 N–H and O–H groups in total. The summed E-state index contributed by atoms with van der Waals surface area (Å²) in [5.74, 6) is 1.40. The highest BCUT2D eigenvalue weighted by molar-refractivity contribution is 6.06. The normalized spacial score (nSPS) is 13.7. The summed E-state index contributed by atoms with van der Waals surface area (Å²) in [6.07, 6.45) is 5.55. The predicted molar refractivity (Wildman–Crippen MR) is 113 cm³/mol. The number of nitriles is 1. The van der Waals surface area contributed by atoms with E-state index in [2.05, 4.69) is 21.7 Å². The molecule has 0 unspecified atom stereocenters. The van der Waals surface area contributed by atoms with E-state index < -0.39 is 5.91 Å². The number of rotatable bonds is 8. The van der Waals surface area contributed by atoms with E-state index >= 15 is 0 Å². The Kier molecular flexibility index (Phi) is 6.48. The van der Waals surface area contributed by atoms with E-state index in [-0.39, 0.29) is 5.84 Å². The number of amidine groups is 1. The van der Waals surface area contributed by atoms with Crippen molar-refractivity contribution in [2.24, 2.45) is 16.6 Å². The third kappa shape index (κ3) is 6.11. The fraction of sp³-hybridized carbons (Fsp3) is 0.227. The summed E-state index contributed by atoms with van der Waals surface area (Å²) >= 11 is 0. The Bertz CT molecular complexity index is 970. The smallest absolute Gasteiger partial charge is 0.279 e. The van der Waals surface area contributed by atoms with Gasteiger partial charge in [0.15, 0.2) is 0 Å². The van der Waals surface area contributed by atoms with Crippen LogP contribution in [-0.4, -0.2) is 25.3 Å². The van der Waals surface area contributed by atoms with Crippen LogP contribution in [0.4, 0.5) is 5.69 Å². The number of hydrogen-bond donors (Lipinski definition) is 3. The molecule has 2 aromatic carbocycles. The average Bonchev–Trinajstić information content (AvgIpc) is 3.55. The maximum Gasteiger partial charge on any atom is 0.279 e. The summed E-state index contributed by atoms with van der Waals surface area (Å²) < 4.78 is 5.90. The molecule has 0 saturated heterocycles. The summed E-state index contributed by atoms with van der Waals surface area (Å²) in [5.41, 5.74) is 7.46. The summed E-state index contributed by atoms with van der Waals surface area (Å²) in [6, 6.07) is 14.1. The summed E-state index contributed by atoms with van der Waals surface area (Å²) in [6.45, 7) is 0.851. The van der Waals surface area contributed by atoms with Gasteiger partial charge in [0.05, 0.1) is 11.6 Å². The van der Waals surface area contributed by atoms with Gasteiger partial charge < -0.3 is 21.1 Å². The van der Waals surface area contributed by atoms with Crippen LogP contribution in [0.5, 0.6) is 11.5 Å². The minimum absolute atomic E-state index is 0.107. The van der Waals surface area contributed by atoms with Crippen LogP contribution < -0.4 is 21.1 Å². The van der Waals surface area contributed by atoms with Crippen molar-refractivity contribution in [1.29, 1.82) is 5.26 Å². The summed E-state index contributed by atoms with van der Waals surface area (Å²) in [4.78, 5) is 16.5. The highest BCUT2D eigenvalue weighted by Gasteiger charge is 2.21. The van der Waals surface area contributed by atoms with Gasteiger partial charge >= 0.3 is 0 Å². The molecular formula is C22H23N5O2. The van der Waals surface area contributed by atoms with Gasteiger partial charge in [0.25, 0.3) is 5.91 Å². The molecule has 0 atom stereocenters. The fourth-order valence-electron chi connectivity index (χ4n) is 2.59. The lowest BCUT2D eigenvalue weighted by Gasteiger charge is -2.11. The molecule has 3 rings (SSSR count). The van der Waals surface area contributed by atoms with Crippen molar-refractivity contribution in [2.45, 2.75) is 12.8 Å². The average molecular weight is 389 g/mol. The van der Waals surface area contributed by atoms with Crippen LogP contribution in [0, 0.1) is 17.2 Å². The van der Waals surface area contributed by atoms with Crippen LogP contribution in [0.15, 0.2) is 59.7 Å². The Morgan fingerprint density at radius 1 is 1.28 bits per heavy atom. The van der Waals surface area contributed by atoms with Gasteiger partial charge in [-0.1, -0.05) is 0 Å². The van der Waals surface area contributed by atoms with E-state index in [1.54, 1.807) is 49.6 Å². The number of aliphatic imine (C=N–C) groups is 1. The maximum absolute atomic E-state index is 12.6. The van der Waals surface area contributed by atoms with Gasteiger partial charge in [0.2, 0.25) is 0 Å². The molecule has 1 aliphatic carbocycles. The zero-order chi connectivity index (χ0) is 20.6. The van der Waals surface area contributed by atoms with Crippen molar-refractivity contribution in [1.82, 2.24) is 5.32 Å². The van der Waals surface area contributed by atoms with Crippen molar-refractivity contribution in [3.8, 4) is 17.6 Å². The topological polar surface area (TPSA) is 113 Å². The SMILES string of the molecule is CN/C=C\C(N)=NC(=O)c1cc(NCC2CC2)cc(Oc2ccc(C#N)cc2)c1. The Hall–Kier alpha value is -3.79. The first-order chi connectivity index (χ1) is 14.1. The zero-order valence-corrected chi connectivity index (χ0v) is 16.2. The second kappa shape index (κ2) is 9.42. The molecule has 0 bridgehead atoms. The molecule has 0 aromatic heterocycles. The van der Waals surface area contributed by atoms with Crippen LogP contribution in [0.2, 0.25) is 0 Å². The molecule has 29 heavy (non-hydrogen) atoms. The number of anilines is 1. The Labute approximate surface area is 169 Å². The quantitative estimate of drug-likeness (QED) is 0.471. The van der Waals surface area contributed by atoms with Crippen molar-refractivity contribution >= 4 is 17.4 Å². The lowest BCUT2D eigenvalue weighted by molar-refractivity contribution is 0.100. The van der Waals surface area contributed by atoms with E-state index in [4.69, 9.17) is 15.7 Å². The Balaban J connectivity index is 1.84. The molecule has 7 nitrogen and oxygen atoms in total. The number of benzene rings is 2. The number of nitrogens with two attached hydrogens (primary N) is 1. The maximum atomic E-state index is 12.6. The number of nitrogens with one attached hydrogen (secondary N) is 2. The Morgan fingerprint density at radius 2 is 2.03 bits per heavy atom. The molecule has 1 amide bonds. The second-order valence-corrected chi connectivity index (χ2v) is 6.77. The van der Waals surface area contributed by atoms with Crippen molar-refractivity contribution in [2.75, 3.05) is 18.9 Å². The molecule has 7 heteroatoms. The fourth-order valence-corrected chi connectivity index (χ4v) is 2.59. The first-order valence-corrected chi connectivity index (χ1v) is 9.36. The van der Waals surface area contributed by atoms with Crippen LogP contribution in [0.3, 0.4) is 0 Å². The van der Waals surface area contributed by atoms with E-state index in [0.717, 1.165) is 12.2 Å². The molecular weight excluding hydrogens is 366 g/mol. The number of amides is 1. The standard InChI is InChI=1S/C22H23N5O2/c1-25-9-8-21(24)27-22(28)17-10-18(26-14-16-2-3-16)12-20(11-17)29-19-6-4-15(13-23)5-7-19/h4-12,16,25-26H,2-3,14H2,1H3,(H2,24,27,28)/b9-8-. The third-order valence-corrected chi connectivity index (χ3v) is 4.32. The first-order valence-electron chi connectivity index (χ1n) is 9.36. The molecule has 0 aliphatic heterocycles. The lowest BCUT2D eigenvalue weighted by atomic mass is 10.1. The van der Waals surface area contributed by atoms with Gasteiger partial charge in [-0.15, -0.1) is 0 Å². The molecule has 1 saturated carbocycles. The van der Waals surface area contributed by atoms with E-state index in [1.807, 2.05) is 6.07 Å². The van der Waals surface area contributed by atoms with Gasteiger partial charge in [0.1, 0.15) is 17.3 Å². The van der Waals surface area contributed by atoms with Crippen molar-refractivity contribution in [3.05, 3.63) is 65.9 Å². The van der Waals surface area contributed by atoms with Gasteiger partial charge in [-0.05, 0) is 67.4 Å². The third-order valence-electron chi connectivity index (χ3n) is 4.32. The van der Waals surface area contributed by atoms with Gasteiger partial charge in [0, 0.05) is 30.9 Å². The van der Waals surface area contributed by atoms with Crippen LogP contribution in [-0.2, 0) is 0 Å². The molecule has 0 radical (unpaired) electrons. The number of hydrogen-bond acceptors (Lipinski definition) is 5. The largest absolute Gasteiger partial charge is 0.457 e. The lowest BCUT2D eigenvalue weighted by Crippen LogP contribution is -2.13. The van der Waals surface area contributed by atoms with Crippen LogP contribution >= 0.6 is 0 Å². The highest BCUT2D eigenvalue weighted by atomic mass is 16.5. The molecule has 0 heterocycles. The number of carbonyl (C=O) groups is 1. The van der Waals surface area contributed by atoms with E-state index in [1.165, 1.54) is 18.9 Å². The predicted octanol–water partition coefficient (Wildman–Crippen LogP) is 3.40. The molecule has 0 spiro atoms. The van der Waals surface area contributed by atoms with Crippen LogP contribution in [0.25, 0.3) is 0 Å². The number of ether oxygens (including phenoxy) is 1. The van der Waals surface area contributed by atoms with E-state index in [0.29, 0.717) is 28.5 Å². The molecule has 1 aliphatic rings. The molecule has 148 valence electrons. The van der Waals surface area contributed by atoms with Crippen molar-refractivity contribution < 1.29 is 9.53 Å². The zero-order valence-electron chi connectivity index (χ0n) is 16.2. The second-order valence-electron chi connectivity index (χ2n) is 6.77. The summed E-state index contributed by atoms with van der Waals surface area (Å²) in [5, 5.41) is 15.1. The first kappa shape index (κ1) is 20.0. The van der Waals surface area contributed by atoms with Crippen molar-refractivity contribution in [3.63, 3.8) is 0 Å². The number of carbonyl (C=O) groups excluding carboxylic acids is 1. The van der Waals surface area contributed by atoms with Gasteiger partial charge in [-0.3, -0.25) is 4.79 Å². The van der Waals surface area contributed by atoms with Gasteiger partial charge in [-0.25, -0.2) is 0 Å². The Morgan fingerprint density at radius 3 is 2.69 bits per heavy atom.